The van der Waals surface area contributed by atoms with E-state index in [4.69, 9.17) is 0 Å². The van der Waals surface area contributed by atoms with Gasteiger partial charge in [-0.1, -0.05) is 26.2 Å². The second kappa shape index (κ2) is 12.6. The van der Waals surface area contributed by atoms with Gasteiger partial charge in [0.25, 0.3) is 11.8 Å². The van der Waals surface area contributed by atoms with Gasteiger partial charge in [-0.3, -0.25) is 14.4 Å². The zero-order valence-corrected chi connectivity index (χ0v) is 19.4. The van der Waals surface area contributed by atoms with Gasteiger partial charge in [0.2, 0.25) is 5.91 Å². The molecule has 2 aromatic rings. The molecule has 1 saturated heterocycles. The van der Waals surface area contributed by atoms with Gasteiger partial charge in [-0.15, -0.1) is 0 Å². The summed E-state index contributed by atoms with van der Waals surface area (Å²) in [6.45, 7) is 4.48. The third kappa shape index (κ3) is 7.63. The number of likely N-dealkylation sites (tertiary alicyclic amines) is 1. The fourth-order valence-electron chi connectivity index (χ4n) is 3.76. The number of nitrogens with zero attached hydrogens (tertiary/aromatic N) is 1. The highest BCUT2D eigenvalue weighted by molar-refractivity contribution is 5.97. The van der Waals surface area contributed by atoms with E-state index in [1.54, 1.807) is 36.4 Å². The van der Waals surface area contributed by atoms with Crippen molar-refractivity contribution in [1.82, 2.24) is 10.2 Å². The van der Waals surface area contributed by atoms with E-state index in [1.165, 1.54) is 12.8 Å². The molecular formula is C26H34N4O3. The molecule has 3 rings (SSSR count). The van der Waals surface area contributed by atoms with Gasteiger partial charge in [0, 0.05) is 42.1 Å². The number of amides is 3. The Bertz CT molecular complexity index is 918. The Labute approximate surface area is 195 Å². The van der Waals surface area contributed by atoms with E-state index >= 15 is 0 Å². The van der Waals surface area contributed by atoms with Crippen molar-refractivity contribution in [2.45, 2.75) is 45.4 Å². The maximum absolute atomic E-state index is 12.7. The van der Waals surface area contributed by atoms with Crippen LogP contribution < -0.4 is 16.0 Å². The minimum Gasteiger partial charge on any atom is -0.376 e. The number of carbonyl (C=O) groups excluding carboxylic acids is 3. The molecule has 1 fully saturated rings. The molecule has 1 aliphatic heterocycles. The first-order valence-corrected chi connectivity index (χ1v) is 11.9. The normalized spacial score (nSPS) is 13.7. The zero-order chi connectivity index (χ0) is 23.5. The molecule has 0 aromatic heterocycles. The number of unbranched alkanes of at least 4 members (excludes halogenated alkanes) is 1. The number of nitrogens with one attached hydrogen (secondary N) is 3. The second-order valence-corrected chi connectivity index (χ2v) is 8.37. The van der Waals surface area contributed by atoms with Crippen LogP contribution in [0.3, 0.4) is 0 Å². The van der Waals surface area contributed by atoms with Crippen molar-refractivity contribution in [2.24, 2.45) is 0 Å². The molecule has 0 unspecified atom stereocenters. The summed E-state index contributed by atoms with van der Waals surface area (Å²) in [6.07, 6.45) is 6.48. The van der Waals surface area contributed by atoms with Gasteiger partial charge in [-0.2, -0.15) is 0 Å². The summed E-state index contributed by atoms with van der Waals surface area (Å²) in [7, 11) is 0. The average Bonchev–Trinajstić information content (AvgIpc) is 3.13. The molecule has 1 heterocycles. The fourth-order valence-corrected chi connectivity index (χ4v) is 3.76. The molecule has 0 bridgehead atoms. The standard InChI is InChI=1S/C26H34N4O3/c1-2-3-16-27-25(32)20-8-14-23(15-9-20)29-24(31)19-28-22-12-10-21(11-13-22)26(33)30-17-6-4-5-7-18-30/h8-15,28H,2-7,16-19H2,1H3,(H,27,32)(H,29,31). The minimum absolute atomic E-state index is 0.0729. The van der Waals surface area contributed by atoms with Crippen molar-refractivity contribution in [3.05, 3.63) is 59.7 Å². The summed E-state index contributed by atoms with van der Waals surface area (Å²) in [5.74, 6) is -0.232. The van der Waals surface area contributed by atoms with Crippen molar-refractivity contribution < 1.29 is 14.4 Å². The number of benzene rings is 2. The summed E-state index contributed by atoms with van der Waals surface area (Å²) in [4.78, 5) is 38.9. The summed E-state index contributed by atoms with van der Waals surface area (Å²) in [5.41, 5.74) is 2.64. The Morgan fingerprint density at radius 2 is 1.42 bits per heavy atom. The lowest BCUT2D eigenvalue weighted by molar-refractivity contribution is -0.114. The molecule has 0 spiro atoms. The van der Waals surface area contributed by atoms with Gasteiger partial charge in [0.1, 0.15) is 0 Å². The molecule has 2 aromatic carbocycles. The maximum Gasteiger partial charge on any atom is 0.253 e. The first kappa shape index (κ1) is 24.3. The van der Waals surface area contributed by atoms with Gasteiger partial charge < -0.3 is 20.9 Å². The highest BCUT2D eigenvalue weighted by atomic mass is 16.2. The van der Waals surface area contributed by atoms with Crippen LogP contribution in [0.4, 0.5) is 11.4 Å². The molecule has 3 N–H and O–H groups in total. The van der Waals surface area contributed by atoms with Gasteiger partial charge in [-0.25, -0.2) is 0 Å². The molecule has 0 saturated carbocycles. The summed E-state index contributed by atoms with van der Waals surface area (Å²) < 4.78 is 0. The molecule has 0 radical (unpaired) electrons. The third-order valence-electron chi connectivity index (χ3n) is 5.72. The van der Waals surface area contributed by atoms with Crippen LogP contribution in [0, 0.1) is 0 Å². The average molecular weight is 451 g/mol. The van der Waals surface area contributed by atoms with Crippen LogP contribution in [0.25, 0.3) is 0 Å². The number of hydrogen-bond acceptors (Lipinski definition) is 4. The monoisotopic (exact) mass is 450 g/mol. The topological polar surface area (TPSA) is 90.5 Å². The first-order chi connectivity index (χ1) is 16.1. The van der Waals surface area contributed by atoms with Crippen molar-refractivity contribution in [3.63, 3.8) is 0 Å². The number of hydrogen-bond donors (Lipinski definition) is 3. The number of rotatable bonds is 9. The van der Waals surface area contributed by atoms with Crippen LogP contribution in [0.2, 0.25) is 0 Å². The van der Waals surface area contributed by atoms with E-state index < -0.39 is 0 Å². The van der Waals surface area contributed by atoms with Gasteiger partial charge in [0.05, 0.1) is 6.54 Å². The molecule has 3 amide bonds. The van der Waals surface area contributed by atoms with Crippen molar-refractivity contribution in [3.8, 4) is 0 Å². The van der Waals surface area contributed by atoms with Crippen molar-refractivity contribution >= 4 is 29.1 Å². The minimum atomic E-state index is -0.195. The van der Waals surface area contributed by atoms with Crippen LogP contribution in [0.1, 0.15) is 66.2 Å². The molecule has 176 valence electrons. The molecule has 7 heteroatoms. The Kier molecular flexibility index (Phi) is 9.30. The number of anilines is 2. The molecule has 0 atom stereocenters. The summed E-state index contributed by atoms with van der Waals surface area (Å²) >= 11 is 0. The lowest BCUT2D eigenvalue weighted by Gasteiger charge is -2.20. The van der Waals surface area contributed by atoms with Crippen LogP contribution in [0.15, 0.2) is 48.5 Å². The van der Waals surface area contributed by atoms with Gasteiger partial charge in [-0.05, 0) is 67.8 Å². The molecular weight excluding hydrogens is 416 g/mol. The maximum atomic E-state index is 12.7. The van der Waals surface area contributed by atoms with Gasteiger partial charge in [0.15, 0.2) is 0 Å². The summed E-state index contributed by atoms with van der Waals surface area (Å²) in [6, 6.07) is 14.1. The first-order valence-electron chi connectivity index (χ1n) is 11.9. The fraction of sp³-hybridized carbons (Fsp3) is 0.423. The largest absolute Gasteiger partial charge is 0.376 e. The highest BCUT2D eigenvalue weighted by Crippen LogP contribution is 2.16. The van der Waals surface area contributed by atoms with E-state index in [-0.39, 0.29) is 24.3 Å². The smallest absolute Gasteiger partial charge is 0.253 e. The summed E-state index contributed by atoms with van der Waals surface area (Å²) in [5, 5.41) is 8.76. The van der Waals surface area contributed by atoms with E-state index in [0.717, 1.165) is 44.5 Å². The highest BCUT2D eigenvalue weighted by Gasteiger charge is 2.17. The number of carbonyl (C=O) groups is 3. The van der Waals surface area contributed by atoms with E-state index in [2.05, 4.69) is 22.9 Å². The van der Waals surface area contributed by atoms with Crippen molar-refractivity contribution in [1.29, 1.82) is 0 Å². The SMILES string of the molecule is CCCCNC(=O)c1ccc(NC(=O)CNc2ccc(C(=O)N3CCCCCC3)cc2)cc1. The predicted octanol–water partition coefficient (Wildman–Crippen LogP) is 4.28. The van der Waals surface area contributed by atoms with Gasteiger partial charge >= 0.3 is 0 Å². The Hall–Kier alpha value is -3.35. The lowest BCUT2D eigenvalue weighted by Crippen LogP contribution is -2.31. The van der Waals surface area contributed by atoms with Crippen LogP contribution in [-0.2, 0) is 4.79 Å². The quantitative estimate of drug-likeness (QED) is 0.497. The van der Waals surface area contributed by atoms with Crippen LogP contribution in [0.5, 0.6) is 0 Å². The predicted molar refractivity (Wildman–Crippen MR) is 132 cm³/mol. The Morgan fingerprint density at radius 3 is 2.06 bits per heavy atom. The Morgan fingerprint density at radius 1 is 0.818 bits per heavy atom. The van der Waals surface area contributed by atoms with E-state index in [0.29, 0.717) is 23.4 Å². The van der Waals surface area contributed by atoms with Crippen LogP contribution in [-0.4, -0.2) is 48.8 Å². The zero-order valence-electron chi connectivity index (χ0n) is 19.4. The Balaban J connectivity index is 1.44. The lowest BCUT2D eigenvalue weighted by atomic mass is 10.1. The van der Waals surface area contributed by atoms with Crippen LogP contribution >= 0.6 is 0 Å². The second-order valence-electron chi connectivity index (χ2n) is 8.37. The molecule has 0 aliphatic carbocycles. The molecule has 7 nitrogen and oxygen atoms in total. The van der Waals surface area contributed by atoms with Crippen molar-refractivity contribution in [2.75, 3.05) is 36.8 Å². The van der Waals surface area contributed by atoms with E-state index in [1.807, 2.05) is 17.0 Å². The molecule has 1 aliphatic rings. The van der Waals surface area contributed by atoms with E-state index in [9.17, 15) is 14.4 Å². The third-order valence-corrected chi connectivity index (χ3v) is 5.72. The molecule has 33 heavy (non-hydrogen) atoms.